The molecule has 0 fully saturated rings. The highest BCUT2D eigenvalue weighted by Gasteiger charge is 2.16. The molecular formula is C17H18O. The topological polar surface area (TPSA) is 9.23 Å². The van der Waals surface area contributed by atoms with Crippen LogP contribution in [-0.4, -0.2) is 7.11 Å². The molecule has 0 aromatic heterocycles. The van der Waals surface area contributed by atoms with E-state index in [1.165, 1.54) is 11.1 Å². The average Bonchev–Trinajstić information content (AvgIpc) is 2.46. The van der Waals surface area contributed by atoms with Crippen LogP contribution in [0.2, 0.25) is 0 Å². The maximum absolute atomic E-state index is 5.46. The minimum Gasteiger partial charge on any atom is -0.496 e. The van der Waals surface area contributed by atoms with E-state index in [2.05, 4.69) is 43.0 Å². The maximum Gasteiger partial charge on any atom is 0.122 e. The Labute approximate surface area is 109 Å². The summed E-state index contributed by atoms with van der Waals surface area (Å²) in [6.45, 7) is 3.87. The zero-order valence-electron chi connectivity index (χ0n) is 10.7. The zero-order valence-corrected chi connectivity index (χ0v) is 10.7. The molecule has 0 aliphatic rings. The largest absolute Gasteiger partial charge is 0.496 e. The molecule has 1 atom stereocenters. The van der Waals surface area contributed by atoms with Gasteiger partial charge < -0.3 is 4.74 Å². The molecular weight excluding hydrogens is 220 g/mol. The van der Waals surface area contributed by atoms with Gasteiger partial charge in [0.25, 0.3) is 0 Å². The van der Waals surface area contributed by atoms with Crippen molar-refractivity contribution < 1.29 is 4.74 Å². The van der Waals surface area contributed by atoms with E-state index in [1.54, 1.807) is 7.11 Å². The van der Waals surface area contributed by atoms with Crippen LogP contribution in [0.3, 0.4) is 0 Å². The second kappa shape index (κ2) is 6.06. The molecule has 1 unspecified atom stereocenters. The third-order valence-electron chi connectivity index (χ3n) is 3.12. The molecule has 0 saturated carbocycles. The molecule has 0 spiro atoms. The Balaban J connectivity index is 2.44. The third-order valence-corrected chi connectivity index (χ3v) is 3.12. The lowest BCUT2D eigenvalue weighted by atomic mass is 9.88. The average molecular weight is 238 g/mol. The van der Waals surface area contributed by atoms with Crippen LogP contribution < -0.4 is 4.74 Å². The smallest absolute Gasteiger partial charge is 0.122 e. The van der Waals surface area contributed by atoms with Crippen LogP contribution in [0, 0.1) is 0 Å². The summed E-state index contributed by atoms with van der Waals surface area (Å²) >= 11 is 0. The predicted molar refractivity (Wildman–Crippen MR) is 76.1 cm³/mol. The van der Waals surface area contributed by atoms with Crippen LogP contribution in [0.4, 0.5) is 0 Å². The first kappa shape index (κ1) is 12.4. The van der Waals surface area contributed by atoms with Gasteiger partial charge in [-0.3, -0.25) is 0 Å². The number of rotatable bonds is 5. The fourth-order valence-corrected chi connectivity index (χ4v) is 2.25. The highest BCUT2D eigenvalue weighted by atomic mass is 16.5. The van der Waals surface area contributed by atoms with Crippen molar-refractivity contribution in [3.8, 4) is 5.75 Å². The van der Waals surface area contributed by atoms with Gasteiger partial charge in [0, 0.05) is 11.5 Å². The Bertz CT molecular complexity index is 502. The maximum atomic E-state index is 5.46. The Hall–Kier alpha value is -2.02. The monoisotopic (exact) mass is 238 g/mol. The highest BCUT2D eigenvalue weighted by Crippen LogP contribution is 2.34. The molecule has 2 aromatic rings. The number of hydrogen-bond donors (Lipinski definition) is 0. The van der Waals surface area contributed by atoms with Crippen molar-refractivity contribution in [2.75, 3.05) is 7.11 Å². The van der Waals surface area contributed by atoms with Gasteiger partial charge in [0.1, 0.15) is 5.75 Å². The third kappa shape index (κ3) is 2.62. The summed E-state index contributed by atoms with van der Waals surface area (Å²) in [6, 6.07) is 18.7. The molecule has 0 heterocycles. The highest BCUT2D eigenvalue weighted by molar-refractivity contribution is 5.42. The second-order valence-corrected chi connectivity index (χ2v) is 4.23. The minimum absolute atomic E-state index is 0.305. The van der Waals surface area contributed by atoms with Crippen molar-refractivity contribution in [1.29, 1.82) is 0 Å². The number of benzene rings is 2. The van der Waals surface area contributed by atoms with Gasteiger partial charge in [-0.2, -0.15) is 0 Å². The Morgan fingerprint density at radius 1 is 1.06 bits per heavy atom. The van der Waals surface area contributed by atoms with Crippen LogP contribution in [0.15, 0.2) is 67.3 Å². The lowest BCUT2D eigenvalue weighted by Crippen LogP contribution is -2.02. The van der Waals surface area contributed by atoms with Crippen LogP contribution in [0.1, 0.15) is 23.5 Å². The Kier molecular flexibility index (Phi) is 4.19. The summed E-state index contributed by atoms with van der Waals surface area (Å²) in [6.07, 6.45) is 2.87. The normalized spacial score (nSPS) is 11.8. The summed E-state index contributed by atoms with van der Waals surface area (Å²) in [4.78, 5) is 0. The van der Waals surface area contributed by atoms with E-state index in [4.69, 9.17) is 4.74 Å². The van der Waals surface area contributed by atoms with Crippen LogP contribution in [0.5, 0.6) is 5.75 Å². The number of para-hydroxylation sites is 1. The van der Waals surface area contributed by atoms with E-state index in [0.29, 0.717) is 5.92 Å². The molecule has 0 saturated heterocycles. The van der Waals surface area contributed by atoms with Gasteiger partial charge in [-0.1, -0.05) is 54.6 Å². The van der Waals surface area contributed by atoms with E-state index in [9.17, 15) is 0 Å². The Morgan fingerprint density at radius 3 is 2.39 bits per heavy atom. The van der Waals surface area contributed by atoms with Crippen molar-refractivity contribution >= 4 is 0 Å². The molecule has 1 heteroatoms. The molecule has 0 N–H and O–H groups in total. The van der Waals surface area contributed by atoms with Gasteiger partial charge in [-0.25, -0.2) is 0 Å². The van der Waals surface area contributed by atoms with Crippen molar-refractivity contribution in [1.82, 2.24) is 0 Å². The predicted octanol–water partition coefficient (Wildman–Crippen LogP) is 4.40. The van der Waals surface area contributed by atoms with Crippen molar-refractivity contribution in [3.63, 3.8) is 0 Å². The van der Waals surface area contributed by atoms with E-state index >= 15 is 0 Å². The van der Waals surface area contributed by atoms with Gasteiger partial charge in [-0.15, -0.1) is 6.58 Å². The summed E-state index contributed by atoms with van der Waals surface area (Å²) in [7, 11) is 1.72. The fraction of sp³-hybridized carbons (Fsp3) is 0.176. The molecule has 18 heavy (non-hydrogen) atoms. The first-order chi connectivity index (χ1) is 8.86. The van der Waals surface area contributed by atoms with Gasteiger partial charge >= 0.3 is 0 Å². The van der Waals surface area contributed by atoms with Crippen molar-refractivity contribution in [3.05, 3.63) is 78.4 Å². The molecule has 2 aromatic carbocycles. The SMILES string of the molecule is C=CCC(c1ccccc1)c1ccccc1OC. The number of allylic oxidation sites excluding steroid dienone is 1. The number of ether oxygens (including phenoxy) is 1. The molecule has 0 radical (unpaired) electrons. The lowest BCUT2D eigenvalue weighted by molar-refractivity contribution is 0.407. The molecule has 2 rings (SSSR count). The first-order valence-electron chi connectivity index (χ1n) is 6.15. The molecule has 0 bridgehead atoms. The second-order valence-electron chi connectivity index (χ2n) is 4.23. The van der Waals surface area contributed by atoms with Crippen molar-refractivity contribution in [2.45, 2.75) is 12.3 Å². The van der Waals surface area contributed by atoms with Gasteiger partial charge in [0.05, 0.1) is 7.11 Å². The van der Waals surface area contributed by atoms with Crippen molar-refractivity contribution in [2.24, 2.45) is 0 Å². The molecule has 0 amide bonds. The first-order valence-corrected chi connectivity index (χ1v) is 6.15. The lowest BCUT2D eigenvalue weighted by Gasteiger charge is -2.19. The molecule has 0 aliphatic carbocycles. The van der Waals surface area contributed by atoms with Crippen LogP contribution >= 0.6 is 0 Å². The number of methoxy groups -OCH3 is 1. The quantitative estimate of drug-likeness (QED) is 0.701. The molecule has 0 aliphatic heterocycles. The van der Waals surface area contributed by atoms with E-state index in [1.807, 2.05) is 24.3 Å². The summed E-state index contributed by atoms with van der Waals surface area (Å²) in [5.41, 5.74) is 2.51. The van der Waals surface area contributed by atoms with Crippen LogP contribution in [0.25, 0.3) is 0 Å². The molecule has 1 nitrogen and oxygen atoms in total. The van der Waals surface area contributed by atoms with E-state index in [-0.39, 0.29) is 0 Å². The standard InChI is InChI=1S/C17H18O/c1-3-9-15(14-10-5-4-6-11-14)16-12-7-8-13-17(16)18-2/h3-8,10-13,15H,1,9H2,2H3. The molecule has 92 valence electrons. The zero-order chi connectivity index (χ0) is 12.8. The van der Waals surface area contributed by atoms with Crippen LogP contribution in [-0.2, 0) is 0 Å². The summed E-state index contributed by atoms with van der Waals surface area (Å²) < 4.78 is 5.46. The van der Waals surface area contributed by atoms with Gasteiger partial charge in [-0.05, 0) is 18.1 Å². The van der Waals surface area contributed by atoms with E-state index < -0.39 is 0 Å². The summed E-state index contributed by atoms with van der Waals surface area (Å²) in [5, 5.41) is 0. The minimum atomic E-state index is 0.305. The van der Waals surface area contributed by atoms with Gasteiger partial charge in [0.2, 0.25) is 0 Å². The Morgan fingerprint density at radius 2 is 1.72 bits per heavy atom. The van der Waals surface area contributed by atoms with E-state index in [0.717, 1.165) is 12.2 Å². The van der Waals surface area contributed by atoms with Gasteiger partial charge in [0.15, 0.2) is 0 Å². The summed E-state index contributed by atoms with van der Waals surface area (Å²) in [5.74, 6) is 1.24. The number of hydrogen-bond acceptors (Lipinski definition) is 1. The fourth-order valence-electron chi connectivity index (χ4n) is 2.25.